The number of likely N-dealkylation sites (tertiary alicyclic amines) is 1. The van der Waals surface area contributed by atoms with Gasteiger partial charge in [0.1, 0.15) is 23.0 Å². The van der Waals surface area contributed by atoms with E-state index in [4.69, 9.17) is 14.2 Å². The van der Waals surface area contributed by atoms with Gasteiger partial charge in [0.25, 0.3) is 11.7 Å². The molecule has 0 bridgehead atoms. The van der Waals surface area contributed by atoms with E-state index in [0.29, 0.717) is 40.5 Å². The molecule has 1 unspecified atom stereocenters. The first-order valence-electron chi connectivity index (χ1n) is 11.7. The molecule has 1 amide bonds. The highest BCUT2D eigenvalue weighted by atomic mass is 16.5. The number of aliphatic hydroxyl groups excluding tert-OH is 1. The number of hydrogen-bond acceptors (Lipinski definition) is 6. The highest BCUT2D eigenvalue weighted by molar-refractivity contribution is 6.46. The molecule has 36 heavy (non-hydrogen) atoms. The molecule has 0 saturated carbocycles. The molecule has 0 aliphatic carbocycles. The zero-order valence-electron chi connectivity index (χ0n) is 20.8. The van der Waals surface area contributed by atoms with Crippen LogP contribution >= 0.6 is 0 Å². The largest absolute Gasteiger partial charge is 0.507 e. The fourth-order valence-electron chi connectivity index (χ4n) is 4.52. The van der Waals surface area contributed by atoms with Crippen LogP contribution in [0.5, 0.6) is 17.2 Å². The van der Waals surface area contributed by atoms with Gasteiger partial charge in [0, 0.05) is 11.1 Å². The molecule has 1 fully saturated rings. The third-order valence-electron chi connectivity index (χ3n) is 6.25. The Kier molecular flexibility index (Phi) is 7.29. The summed E-state index contributed by atoms with van der Waals surface area (Å²) in [7, 11) is 3.12. The van der Waals surface area contributed by atoms with E-state index in [1.54, 1.807) is 44.6 Å². The number of aryl methyl sites for hydroxylation is 1. The van der Waals surface area contributed by atoms with E-state index in [-0.39, 0.29) is 17.9 Å². The van der Waals surface area contributed by atoms with Crippen molar-refractivity contribution in [1.29, 1.82) is 0 Å². The maximum atomic E-state index is 13.4. The summed E-state index contributed by atoms with van der Waals surface area (Å²) in [6.45, 7) is 4.28. The van der Waals surface area contributed by atoms with Gasteiger partial charge in [-0.15, -0.1) is 0 Å². The number of amides is 1. The van der Waals surface area contributed by atoms with Crippen LogP contribution in [0, 0.1) is 6.92 Å². The molecule has 1 aliphatic heterocycles. The van der Waals surface area contributed by atoms with Crippen LogP contribution in [0.1, 0.15) is 35.2 Å². The third-order valence-corrected chi connectivity index (χ3v) is 6.25. The van der Waals surface area contributed by atoms with Crippen LogP contribution in [0.25, 0.3) is 5.76 Å². The van der Waals surface area contributed by atoms with Crippen LogP contribution in [0.3, 0.4) is 0 Å². The summed E-state index contributed by atoms with van der Waals surface area (Å²) < 4.78 is 16.4. The number of rotatable bonds is 8. The van der Waals surface area contributed by atoms with Crippen molar-refractivity contribution < 1.29 is 28.9 Å². The van der Waals surface area contributed by atoms with Gasteiger partial charge in [-0.05, 0) is 61.4 Å². The van der Waals surface area contributed by atoms with Crippen molar-refractivity contribution in [3.63, 3.8) is 0 Å². The molecule has 3 aromatic carbocycles. The highest BCUT2D eigenvalue weighted by Gasteiger charge is 2.46. The summed E-state index contributed by atoms with van der Waals surface area (Å²) in [6.07, 6.45) is 0. The van der Waals surface area contributed by atoms with Gasteiger partial charge in [-0.25, -0.2) is 0 Å². The zero-order chi connectivity index (χ0) is 25.8. The van der Waals surface area contributed by atoms with Crippen LogP contribution in [0.15, 0.2) is 72.3 Å². The molecular weight excluding hydrogens is 458 g/mol. The fraction of sp³-hybridized carbons (Fsp3) is 0.241. The van der Waals surface area contributed by atoms with Gasteiger partial charge >= 0.3 is 0 Å². The number of ketones is 1. The smallest absolute Gasteiger partial charge is 0.295 e. The Bertz CT molecular complexity index is 1330. The average molecular weight is 488 g/mol. The molecule has 186 valence electrons. The van der Waals surface area contributed by atoms with Crippen LogP contribution in [-0.2, 0) is 16.1 Å². The molecular formula is C29H29NO6. The Labute approximate surface area is 210 Å². The first-order chi connectivity index (χ1) is 17.4. The lowest BCUT2D eigenvalue weighted by Gasteiger charge is -2.26. The van der Waals surface area contributed by atoms with E-state index >= 15 is 0 Å². The van der Waals surface area contributed by atoms with Gasteiger partial charge in [0.05, 0.1) is 39.0 Å². The minimum absolute atomic E-state index is 0.0248. The fourth-order valence-corrected chi connectivity index (χ4v) is 4.52. The zero-order valence-corrected chi connectivity index (χ0v) is 20.8. The second-order valence-corrected chi connectivity index (χ2v) is 8.43. The van der Waals surface area contributed by atoms with E-state index in [9.17, 15) is 14.7 Å². The molecule has 0 spiro atoms. The van der Waals surface area contributed by atoms with Crippen LogP contribution in [0.2, 0.25) is 0 Å². The van der Waals surface area contributed by atoms with Crippen molar-refractivity contribution in [3.05, 3.63) is 94.6 Å². The Balaban J connectivity index is 1.89. The molecule has 1 heterocycles. The van der Waals surface area contributed by atoms with Gasteiger partial charge in [-0.1, -0.05) is 30.3 Å². The normalized spacial score (nSPS) is 16.8. The number of ether oxygens (including phenoxy) is 3. The number of benzene rings is 3. The number of carbonyl (C=O) groups excluding carboxylic acids is 2. The summed E-state index contributed by atoms with van der Waals surface area (Å²) in [6, 6.07) is 18.9. The van der Waals surface area contributed by atoms with Gasteiger partial charge in [0.15, 0.2) is 0 Å². The third kappa shape index (κ3) is 4.64. The minimum Gasteiger partial charge on any atom is -0.507 e. The maximum absolute atomic E-state index is 13.4. The number of Topliss-reactive ketones (excluding diaryl/α,β-unsaturated/α-hetero) is 1. The molecule has 7 nitrogen and oxygen atoms in total. The van der Waals surface area contributed by atoms with Crippen molar-refractivity contribution in [2.24, 2.45) is 0 Å². The average Bonchev–Trinajstić information content (AvgIpc) is 3.14. The molecule has 0 aromatic heterocycles. The minimum atomic E-state index is -0.822. The molecule has 4 rings (SSSR count). The maximum Gasteiger partial charge on any atom is 0.295 e. The monoisotopic (exact) mass is 487 g/mol. The lowest BCUT2D eigenvalue weighted by Crippen LogP contribution is -2.29. The van der Waals surface area contributed by atoms with Crippen molar-refractivity contribution in [2.45, 2.75) is 26.4 Å². The first-order valence-corrected chi connectivity index (χ1v) is 11.7. The molecule has 1 saturated heterocycles. The number of aliphatic hydroxyl groups is 1. The summed E-state index contributed by atoms with van der Waals surface area (Å²) in [5, 5.41) is 11.4. The predicted molar refractivity (Wildman–Crippen MR) is 136 cm³/mol. The van der Waals surface area contributed by atoms with E-state index in [1.165, 1.54) is 4.90 Å². The van der Waals surface area contributed by atoms with Gasteiger partial charge < -0.3 is 24.2 Å². The lowest BCUT2D eigenvalue weighted by molar-refractivity contribution is -0.140. The number of methoxy groups -OCH3 is 2. The van der Waals surface area contributed by atoms with Gasteiger partial charge in [-0.2, -0.15) is 0 Å². The number of carbonyl (C=O) groups is 2. The molecule has 0 radical (unpaired) electrons. The summed E-state index contributed by atoms with van der Waals surface area (Å²) in [4.78, 5) is 28.2. The highest BCUT2D eigenvalue weighted by Crippen LogP contribution is 2.42. The van der Waals surface area contributed by atoms with Gasteiger partial charge in [-0.3, -0.25) is 9.59 Å². The van der Waals surface area contributed by atoms with Crippen molar-refractivity contribution in [3.8, 4) is 17.2 Å². The van der Waals surface area contributed by atoms with E-state index in [0.717, 1.165) is 5.56 Å². The van der Waals surface area contributed by atoms with E-state index < -0.39 is 17.7 Å². The van der Waals surface area contributed by atoms with Crippen molar-refractivity contribution in [2.75, 3.05) is 20.8 Å². The topological polar surface area (TPSA) is 85.3 Å². The predicted octanol–water partition coefficient (Wildman–Crippen LogP) is 5.03. The second-order valence-electron chi connectivity index (χ2n) is 8.43. The lowest BCUT2D eigenvalue weighted by atomic mass is 9.93. The van der Waals surface area contributed by atoms with Crippen LogP contribution < -0.4 is 14.2 Å². The van der Waals surface area contributed by atoms with Crippen LogP contribution in [0.4, 0.5) is 0 Å². The number of nitrogens with zero attached hydrogens (tertiary/aromatic N) is 1. The Morgan fingerprint density at radius 1 is 0.944 bits per heavy atom. The molecule has 1 N–H and O–H groups in total. The van der Waals surface area contributed by atoms with Crippen molar-refractivity contribution in [1.82, 2.24) is 4.90 Å². The summed E-state index contributed by atoms with van der Waals surface area (Å²) in [5.74, 6) is 0.167. The number of para-hydroxylation sites is 1. The molecule has 7 heteroatoms. The number of hydrogen-bond donors (Lipinski definition) is 1. The molecule has 1 atom stereocenters. The van der Waals surface area contributed by atoms with Crippen molar-refractivity contribution >= 4 is 17.4 Å². The summed E-state index contributed by atoms with van der Waals surface area (Å²) >= 11 is 0. The Morgan fingerprint density at radius 2 is 1.72 bits per heavy atom. The van der Waals surface area contributed by atoms with E-state index in [2.05, 4.69) is 0 Å². The second kappa shape index (κ2) is 10.6. The molecule has 3 aromatic rings. The Hall–Kier alpha value is -4.26. The Morgan fingerprint density at radius 3 is 2.42 bits per heavy atom. The van der Waals surface area contributed by atoms with Crippen LogP contribution in [-0.4, -0.2) is 42.5 Å². The first kappa shape index (κ1) is 24.9. The van der Waals surface area contributed by atoms with E-state index in [1.807, 2.05) is 50.2 Å². The molecule has 1 aliphatic rings. The summed E-state index contributed by atoms with van der Waals surface area (Å²) in [5.41, 5.74) is 2.59. The standard InChI is InChI=1S/C29H29NO6/c1-5-36-22-11-8-10-19(16-22)26-25(27(31)23-14-13-21(34-3)15-18(23)2)28(32)29(33)30(26)17-20-9-6-7-12-24(20)35-4/h6-16,26,31H,5,17H2,1-4H3/b27-25+. The van der Waals surface area contributed by atoms with Gasteiger partial charge in [0.2, 0.25) is 0 Å². The SMILES string of the molecule is CCOc1cccc(C2/C(=C(\O)c3ccc(OC)cc3C)C(=O)C(=O)N2Cc2ccccc2OC)c1. The quantitative estimate of drug-likeness (QED) is 0.272.